The van der Waals surface area contributed by atoms with Crippen molar-refractivity contribution in [2.45, 2.75) is 91.0 Å². The molecule has 2 saturated heterocycles. The smallest absolute Gasteiger partial charge is 0.293 e. The summed E-state index contributed by atoms with van der Waals surface area (Å²) in [5.74, 6) is -0.600. The third-order valence-corrected chi connectivity index (χ3v) is 13.2. The van der Waals surface area contributed by atoms with Crippen LogP contribution < -0.4 is 21.4 Å². The number of hydrazine groups is 1. The number of thiazole rings is 1. The van der Waals surface area contributed by atoms with Crippen LogP contribution in [0.5, 0.6) is 0 Å². The van der Waals surface area contributed by atoms with Gasteiger partial charge in [-0.3, -0.25) is 24.4 Å². The number of piperazine rings is 1. The van der Waals surface area contributed by atoms with E-state index < -0.39 is 6.04 Å². The summed E-state index contributed by atoms with van der Waals surface area (Å²) in [5, 5.41) is 8.57. The Morgan fingerprint density at radius 3 is 2.59 bits per heavy atom. The second-order valence-corrected chi connectivity index (χ2v) is 18.1. The number of nitrogens with zero attached hydrogens (tertiary/aromatic N) is 6. The average molecular weight is 828 g/mol. The second kappa shape index (κ2) is 18.5. The molecule has 7 rings (SSSR count). The van der Waals surface area contributed by atoms with Crippen molar-refractivity contribution in [3.63, 3.8) is 0 Å². The molecule has 0 spiro atoms. The molecule has 4 N–H and O–H groups in total. The van der Waals surface area contributed by atoms with Gasteiger partial charge in [0.1, 0.15) is 6.04 Å². The lowest BCUT2D eigenvalue weighted by atomic mass is 9.79. The highest BCUT2D eigenvalue weighted by Crippen LogP contribution is 2.43. The van der Waals surface area contributed by atoms with Gasteiger partial charge in [-0.25, -0.2) is 10.4 Å². The predicted octanol–water partition coefficient (Wildman–Crippen LogP) is 4.94. The monoisotopic (exact) mass is 827 g/mol. The molecule has 0 unspecified atom stereocenters. The topological polar surface area (TPSA) is 160 Å². The molecule has 0 bridgehead atoms. The largest absolute Gasteiger partial charge is 0.467 e. The lowest BCUT2D eigenvalue weighted by Crippen LogP contribution is -2.58. The Kier molecular flexibility index (Phi) is 13.4. The summed E-state index contributed by atoms with van der Waals surface area (Å²) < 4.78 is 13.7. The number of methoxy groups -OCH3 is 1. The molecule has 5 heterocycles. The number of pyridine rings is 1. The van der Waals surface area contributed by atoms with Crippen molar-refractivity contribution >= 4 is 46.2 Å². The maximum absolute atomic E-state index is 13.8. The van der Waals surface area contributed by atoms with Crippen molar-refractivity contribution in [2.24, 2.45) is 17.1 Å². The van der Waals surface area contributed by atoms with Crippen LogP contribution >= 0.6 is 11.3 Å². The third-order valence-electron chi connectivity index (χ3n) is 12.3. The van der Waals surface area contributed by atoms with E-state index in [9.17, 15) is 14.4 Å². The van der Waals surface area contributed by atoms with E-state index in [-0.39, 0.29) is 48.3 Å². The first-order chi connectivity index (χ1) is 28.4. The molecule has 4 aromatic rings. The SMILES string of the molecule is CCn1c(-c2cc(N3CCN(C)CC3)cnc2[C@H](C)OC)c(CC(C)(C)COC=O)c2cc(-c3csc(C[C@H](NC(=O)[C@@H]4CC[C@H]4N)C(=O)N4CCCCN4)n3)ccc21. The van der Waals surface area contributed by atoms with Gasteiger partial charge in [-0.2, -0.15) is 0 Å². The third kappa shape index (κ3) is 9.34. The Labute approximate surface area is 351 Å². The van der Waals surface area contributed by atoms with Crippen LogP contribution in [0.15, 0.2) is 35.8 Å². The molecule has 14 nitrogen and oxygen atoms in total. The molecule has 2 amide bonds. The minimum atomic E-state index is -0.759. The van der Waals surface area contributed by atoms with Crippen LogP contribution in [0.25, 0.3) is 33.4 Å². The zero-order valence-corrected chi connectivity index (χ0v) is 36.3. The molecule has 3 fully saturated rings. The fraction of sp³-hybridized carbons (Fsp3) is 0.568. The van der Waals surface area contributed by atoms with E-state index in [0.29, 0.717) is 19.4 Å². The number of hydrogen-bond acceptors (Lipinski definition) is 12. The maximum Gasteiger partial charge on any atom is 0.293 e. The van der Waals surface area contributed by atoms with E-state index in [4.69, 9.17) is 25.2 Å². The highest BCUT2D eigenvalue weighted by atomic mass is 32.1. The van der Waals surface area contributed by atoms with Gasteiger partial charge in [-0.15, -0.1) is 11.3 Å². The molecule has 318 valence electrons. The molecular weight excluding hydrogens is 767 g/mol. The average Bonchev–Trinajstić information content (AvgIpc) is 3.83. The van der Waals surface area contributed by atoms with Crippen LogP contribution in [0, 0.1) is 11.3 Å². The summed E-state index contributed by atoms with van der Waals surface area (Å²) >= 11 is 1.49. The fourth-order valence-corrected chi connectivity index (χ4v) is 9.47. The molecule has 2 aliphatic heterocycles. The van der Waals surface area contributed by atoms with E-state index in [1.165, 1.54) is 11.3 Å². The van der Waals surface area contributed by atoms with Crippen molar-refractivity contribution < 1.29 is 23.9 Å². The fourth-order valence-electron chi connectivity index (χ4n) is 8.62. The highest BCUT2D eigenvalue weighted by molar-refractivity contribution is 7.10. The quantitative estimate of drug-likeness (QED) is 0.131. The lowest BCUT2D eigenvalue weighted by molar-refractivity contribution is -0.141. The number of amides is 2. The number of nitrogens with one attached hydrogen (secondary N) is 2. The molecule has 1 aliphatic carbocycles. The standard InChI is InChI=1S/C44H61N9O5S/c1-7-52-38-13-10-29(37-25-59-39(48-37)22-36(43(56)53-15-9-8-14-47-53)49-42(55)31-11-12-35(31)45)20-32(38)34(23-44(3,4)26-58-27-54)41(52)33-21-30(24-46-40(33)28(2)57-6)51-18-16-50(5)17-19-51/h10,13,20-21,24-25,27-28,31,35-36,47H,7-9,11-12,14-19,22-23,26,45H2,1-6H3,(H,49,55)/t28-,31+,35+,36-/m0/s1. The van der Waals surface area contributed by atoms with Crippen LogP contribution in [0.4, 0.5) is 5.69 Å². The second-order valence-electron chi connectivity index (χ2n) is 17.2. The van der Waals surface area contributed by atoms with Crippen LogP contribution in [-0.4, -0.2) is 115 Å². The molecule has 3 aromatic heterocycles. The van der Waals surface area contributed by atoms with Gasteiger partial charge in [-0.05, 0) is 76.8 Å². The zero-order valence-electron chi connectivity index (χ0n) is 35.5. The molecule has 4 atom stereocenters. The first kappa shape index (κ1) is 42.7. The molecule has 1 saturated carbocycles. The number of anilines is 1. The number of rotatable bonds is 16. The Morgan fingerprint density at radius 2 is 1.93 bits per heavy atom. The van der Waals surface area contributed by atoms with Gasteiger partial charge in [0.25, 0.3) is 12.4 Å². The molecule has 3 aliphatic rings. The number of likely N-dealkylation sites (N-methyl/N-ethyl adjacent to an activating group) is 1. The Balaban J connectivity index is 1.29. The van der Waals surface area contributed by atoms with Gasteiger partial charge in [0.05, 0.1) is 52.6 Å². The van der Waals surface area contributed by atoms with E-state index in [1.807, 2.05) is 18.5 Å². The van der Waals surface area contributed by atoms with Gasteiger partial charge in [0.15, 0.2) is 0 Å². The minimum absolute atomic E-state index is 0.156. The summed E-state index contributed by atoms with van der Waals surface area (Å²) in [6.45, 7) is 15.1. The molecular formula is C44H61N9O5S. The van der Waals surface area contributed by atoms with E-state index in [2.05, 4.69) is 77.2 Å². The number of carbonyl (C=O) groups is 3. The predicted molar refractivity (Wildman–Crippen MR) is 232 cm³/mol. The van der Waals surface area contributed by atoms with Crippen molar-refractivity contribution in [1.29, 1.82) is 0 Å². The van der Waals surface area contributed by atoms with E-state index in [0.717, 1.165) is 120 Å². The van der Waals surface area contributed by atoms with Crippen LogP contribution in [0.1, 0.15) is 75.7 Å². The summed E-state index contributed by atoms with van der Waals surface area (Å²) in [7, 11) is 3.88. The van der Waals surface area contributed by atoms with Crippen LogP contribution in [-0.2, 0) is 43.2 Å². The molecule has 59 heavy (non-hydrogen) atoms. The molecule has 15 heteroatoms. The van der Waals surface area contributed by atoms with Crippen molar-refractivity contribution in [3.8, 4) is 22.5 Å². The van der Waals surface area contributed by atoms with Gasteiger partial charge in [0, 0.05) is 98.2 Å². The van der Waals surface area contributed by atoms with Gasteiger partial charge >= 0.3 is 0 Å². The lowest BCUT2D eigenvalue weighted by Gasteiger charge is -2.35. The number of nitrogens with two attached hydrogens (primary N) is 1. The number of carbonyl (C=O) groups excluding carboxylic acids is 3. The minimum Gasteiger partial charge on any atom is -0.467 e. The van der Waals surface area contributed by atoms with Gasteiger partial charge in [0.2, 0.25) is 5.91 Å². The summed E-state index contributed by atoms with van der Waals surface area (Å²) in [4.78, 5) is 53.4. The Morgan fingerprint density at radius 1 is 1.14 bits per heavy atom. The number of aromatic nitrogens is 3. The van der Waals surface area contributed by atoms with E-state index >= 15 is 0 Å². The number of fused-ring (bicyclic) bond motifs is 1. The summed E-state index contributed by atoms with van der Waals surface area (Å²) in [6.07, 6.45) is 6.09. The number of benzene rings is 1. The maximum atomic E-state index is 13.8. The number of aryl methyl sites for hydroxylation is 1. The van der Waals surface area contributed by atoms with Crippen LogP contribution in [0.2, 0.25) is 0 Å². The number of hydrogen-bond donors (Lipinski definition) is 3. The number of ether oxygens (including phenoxy) is 2. The normalized spacial score (nSPS) is 20.0. The summed E-state index contributed by atoms with van der Waals surface area (Å²) in [6, 6.07) is 7.84. The van der Waals surface area contributed by atoms with Gasteiger partial charge < -0.3 is 34.9 Å². The molecule has 1 aromatic carbocycles. The Bertz CT molecular complexity index is 2120. The van der Waals surface area contributed by atoms with Crippen molar-refractivity contribution in [1.82, 2.24) is 35.2 Å². The summed E-state index contributed by atoms with van der Waals surface area (Å²) in [5.41, 5.74) is 17.0. The first-order valence-electron chi connectivity index (χ1n) is 21.1. The molecule has 0 radical (unpaired) electrons. The zero-order chi connectivity index (χ0) is 41.8. The highest BCUT2D eigenvalue weighted by Gasteiger charge is 2.37. The van der Waals surface area contributed by atoms with Crippen molar-refractivity contribution in [2.75, 3.05) is 64.9 Å². The van der Waals surface area contributed by atoms with Crippen molar-refractivity contribution in [3.05, 3.63) is 52.1 Å². The Hall–Kier alpha value is -4.41. The van der Waals surface area contributed by atoms with Crippen LogP contribution in [0.3, 0.4) is 0 Å². The van der Waals surface area contributed by atoms with E-state index in [1.54, 1.807) is 12.1 Å². The first-order valence-corrected chi connectivity index (χ1v) is 22.0. The van der Waals surface area contributed by atoms with Gasteiger partial charge in [-0.1, -0.05) is 19.9 Å².